The molecule has 3 aromatic rings. The summed E-state index contributed by atoms with van der Waals surface area (Å²) in [7, 11) is 0. The molecule has 0 saturated carbocycles. The zero-order valence-corrected chi connectivity index (χ0v) is 19.1. The highest BCUT2D eigenvalue weighted by Gasteiger charge is 2.32. The molecule has 4 rings (SSSR count). The Kier molecular flexibility index (Phi) is 7.53. The largest absolute Gasteiger partial charge is 0.416 e. The van der Waals surface area contributed by atoms with Gasteiger partial charge in [0.1, 0.15) is 5.65 Å². The molecule has 6 nitrogen and oxygen atoms in total. The van der Waals surface area contributed by atoms with Crippen LogP contribution in [0.5, 0.6) is 0 Å². The first-order valence-electron chi connectivity index (χ1n) is 11.5. The summed E-state index contributed by atoms with van der Waals surface area (Å²) in [4.78, 5) is 19.6. The lowest BCUT2D eigenvalue weighted by atomic mass is 9.91. The third-order valence-corrected chi connectivity index (χ3v) is 6.20. The van der Waals surface area contributed by atoms with Gasteiger partial charge >= 0.3 is 6.18 Å². The van der Waals surface area contributed by atoms with Crippen LogP contribution in [0.1, 0.15) is 41.1 Å². The van der Waals surface area contributed by atoms with E-state index in [1.54, 1.807) is 12.3 Å². The number of amides is 1. The van der Waals surface area contributed by atoms with E-state index in [4.69, 9.17) is 4.74 Å². The summed E-state index contributed by atoms with van der Waals surface area (Å²) < 4.78 is 47.4. The van der Waals surface area contributed by atoms with Crippen LogP contribution in [0.2, 0.25) is 0 Å². The first-order chi connectivity index (χ1) is 16.3. The third-order valence-electron chi connectivity index (χ3n) is 6.20. The molecule has 1 aromatic carbocycles. The van der Waals surface area contributed by atoms with Crippen molar-refractivity contribution < 1.29 is 22.7 Å². The molecule has 1 saturated heterocycles. The molecule has 2 aromatic heterocycles. The molecule has 9 heteroatoms. The molecule has 1 aliphatic heterocycles. The maximum atomic E-state index is 13.4. The molecule has 0 bridgehead atoms. The Balaban J connectivity index is 1.52. The monoisotopic (exact) mass is 474 g/mol. The van der Waals surface area contributed by atoms with Crippen molar-refractivity contribution in [2.45, 2.75) is 31.9 Å². The third kappa shape index (κ3) is 5.77. The van der Waals surface area contributed by atoms with E-state index in [9.17, 15) is 18.0 Å². The number of benzene rings is 1. The Morgan fingerprint density at radius 3 is 2.76 bits per heavy atom. The van der Waals surface area contributed by atoms with Crippen molar-refractivity contribution in [1.29, 1.82) is 0 Å². The predicted octanol–water partition coefficient (Wildman–Crippen LogP) is 4.02. The number of rotatable bonds is 8. The lowest BCUT2D eigenvalue weighted by molar-refractivity contribution is -0.137. The minimum Gasteiger partial charge on any atom is -0.379 e. The van der Waals surface area contributed by atoms with E-state index < -0.39 is 17.7 Å². The van der Waals surface area contributed by atoms with Crippen LogP contribution in [0.15, 0.2) is 48.8 Å². The lowest BCUT2D eigenvalue weighted by Crippen LogP contribution is -2.38. The zero-order chi connectivity index (χ0) is 24.1. The highest BCUT2D eigenvalue weighted by Crippen LogP contribution is 2.34. The van der Waals surface area contributed by atoms with Crippen molar-refractivity contribution in [2.75, 3.05) is 39.4 Å². The number of halogens is 3. The zero-order valence-electron chi connectivity index (χ0n) is 19.1. The minimum absolute atomic E-state index is 0.0284. The molecule has 1 amide bonds. The molecule has 0 aliphatic carbocycles. The Bertz CT molecular complexity index is 1120. The van der Waals surface area contributed by atoms with Crippen LogP contribution in [0.3, 0.4) is 0 Å². The number of hydrogen-bond acceptors (Lipinski definition) is 4. The van der Waals surface area contributed by atoms with Crippen LogP contribution in [-0.4, -0.2) is 59.6 Å². The van der Waals surface area contributed by atoms with Gasteiger partial charge in [-0.05, 0) is 43.1 Å². The van der Waals surface area contributed by atoms with Crippen LogP contribution < -0.4 is 5.32 Å². The fourth-order valence-electron chi connectivity index (χ4n) is 4.37. The van der Waals surface area contributed by atoms with E-state index in [1.165, 1.54) is 6.07 Å². The van der Waals surface area contributed by atoms with Gasteiger partial charge in [0, 0.05) is 44.4 Å². The summed E-state index contributed by atoms with van der Waals surface area (Å²) in [6.45, 7) is 6.53. The van der Waals surface area contributed by atoms with Gasteiger partial charge < -0.3 is 14.5 Å². The maximum Gasteiger partial charge on any atom is 0.416 e. The van der Waals surface area contributed by atoms with Crippen molar-refractivity contribution in [3.63, 3.8) is 0 Å². The van der Waals surface area contributed by atoms with Crippen molar-refractivity contribution in [3.8, 4) is 0 Å². The van der Waals surface area contributed by atoms with Crippen molar-refractivity contribution in [2.24, 2.45) is 0 Å². The number of morpholine rings is 1. The SMILES string of the molecule is Cc1cccn2c(C(CC(=O)NCCCN3CCOCC3)c3cccc(C(F)(F)F)c3)cnc12. The predicted molar refractivity (Wildman–Crippen MR) is 123 cm³/mol. The Labute approximate surface area is 196 Å². The highest BCUT2D eigenvalue weighted by molar-refractivity contribution is 5.77. The summed E-state index contributed by atoms with van der Waals surface area (Å²) in [6, 6.07) is 8.99. The van der Waals surface area contributed by atoms with Crippen molar-refractivity contribution in [1.82, 2.24) is 19.6 Å². The maximum absolute atomic E-state index is 13.4. The highest BCUT2D eigenvalue weighted by atomic mass is 19.4. The normalized spacial score (nSPS) is 16.0. The molecular weight excluding hydrogens is 445 g/mol. The van der Waals surface area contributed by atoms with Gasteiger partial charge in [-0.2, -0.15) is 13.2 Å². The number of imidazole rings is 1. The van der Waals surface area contributed by atoms with Crippen LogP contribution in [0, 0.1) is 6.92 Å². The molecule has 3 heterocycles. The number of fused-ring (bicyclic) bond motifs is 1. The molecular formula is C25H29F3N4O2. The number of carbonyl (C=O) groups is 1. The fourth-order valence-corrected chi connectivity index (χ4v) is 4.37. The molecule has 0 radical (unpaired) electrons. The Hall–Kier alpha value is -2.91. The van der Waals surface area contributed by atoms with E-state index in [2.05, 4.69) is 15.2 Å². The molecule has 1 N–H and O–H groups in total. The van der Waals surface area contributed by atoms with Gasteiger partial charge in [0.05, 0.1) is 24.5 Å². The second-order valence-electron chi connectivity index (χ2n) is 8.61. The van der Waals surface area contributed by atoms with Crippen LogP contribution >= 0.6 is 0 Å². The molecule has 1 aliphatic rings. The smallest absolute Gasteiger partial charge is 0.379 e. The molecule has 1 fully saturated rings. The van der Waals surface area contributed by atoms with Crippen molar-refractivity contribution >= 4 is 11.6 Å². The van der Waals surface area contributed by atoms with Crippen molar-refractivity contribution in [3.05, 3.63) is 71.2 Å². The summed E-state index contributed by atoms with van der Waals surface area (Å²) >= 11 is 0. The summed E-state index contributed by atoms with van der Waals surface area (Å²) in [5.41, 5.74) is 2.05. The molecule has 0 spiro atoms. The Morgan fingerprint density at radius 2 is 2.00 bits per heavy atom. The molecule has 1 atom stereocenters. The Morgan fingerprint density at radius 1 is 1.21 bits per heavy atom. The number of ether oxygens (including phenoxy) is 1. The first-order valence-corrected chi connectivity index (χ1v) is 11.5. The van der Waals surface area contributed by atoms with E-state index in [0.29, 0.717) is 17.8 Å². The van der Waals surface area contributed by atoms with Gasteiger partial charge in [-0.1, -0.05) is 24.3 Å². The number of carbonyl (C=O) groups excluding carboxylic acids is 1. The first kappa shape index (κ1) is 24.2. The van der Waals surface area contributed by atoms with Gasteiger partial charge in [0.25, 0.3) is 0 Å². The quantitative estimate of drug-likeness (QED) is 0.501. The minimum atomic E-state index is -4.46. The summed E-state index contributed by atoms with van der Waals surface area (Å²) in [6.07, 6.45) is -0.155. The van der Waals surface area contributed by atoms with E-state index >= 15 is 0 Å². The van der Waals surface area contributed by atoms with Gasteiger partial charge in [-0.3, -0.25) is 9.69 Å². The standard InChI is InChI=1S/C25H29F3N4O2/c1-18-5-3-10-32-22(17-30-24(18)32)21(19-6-2-7-20(15-19)25(26,27)28)16-23(33)29-8-4-9-31-11-13-34-14-12-31/h2-3,5-7,10,15,17,21H,4,8-9,11-14,16H2,1H3,(H,29,33). The number of nitrogens with one attached hydrogen (secondary N) is 1. The second kappa shape index (κ2) is 10.6. The topological polar surface area (TPSA) is 58.9 Å². The number of alkyl halides is 3. The number of pyridine rings is 1. The average molecular weight is 475 g/mol. The lowest BCUT2D eigenvalue weighted by Gasteiger charge is -2.26. The molecule has 34 heavy (non-hydrogen) atoms. The van der Waals surface area contributed by atoms with Gasteiger partial charge in [-0.25, -0.2) is 4.98 Å². The van der Waals surface area contributed by atoms with E-state index in [1.807, 2.05) is 29.7 Å². The average Bonchev–Trinajstić information content (AvgIpc) is 3.26. The fraction of sp³-hybridized carbons (Fsp3) is 0.440. The number of hydrogen-bond donors (Lipinski definition) is 1. The number of aromatic nitrogens is 2. The van der Waals surface area contributed by atoms with Crippen LogP contribution in [0.4, 0.5) is 13.2 Å². The molecule has 182 valence electrons. The summed E-state index contributed by atoms with van der Waals surface area (Å²) in [5.74, 6) is -0.773. The summed E-state index contributed by atoms with van der Waals surface area (Å²) in [5, 5.41) is 2.94. The number of nitrogens with zero attached hydrogens (tertiary/aromatic N) is 3. The van der Waals surface area contributed by atoms with Crippen LogP contribution in [-0.2, 0) is 15.7 Å². The number of aryl methyl sites for hydroxylation is 1. The van der Waals surface area contributed by atoms with Gasteiger partial charge in [-0.15, -0.1) is 0 Å². The van der Waals surface area contributed by atoms with E-state index in [-0.39, 0.29) is 12.3 Å². The van der Waals surface area contributed by atoms with E-state index in [0.717, 1.165) is 62.6 Å². The van der Waals surface area contributed by atoms with Gasteiger partial charge in [0.15, 0.2) is 0 Å². The van der Waals surface area contributed by atoms with Gasteiger partial charge in [0.2, 0.25) is 5.91 Å². The molecule has 1 unspecified atom stereocenters. The van der Waals surface area contributed by atoms with Crippen LogP contribution in [0.25, 0.3) is 5.65 Å². The second-order valence-corrected chi connectivity index (χ2v) is 8.61.